The fraction of sp³-hybridized carbons (Fsp3) is 0. The Bertz CT molecular complexity index is 2800. The molecule has 0 spiro atoms. The molecule has 0 bridgehead atoms. The van der Waals surface area contributed by atoms with Crippen LogP contribution in [0.3, 0.4) is 0 Å². The minimum atomic E-state index is 0.638. The topological polar surface area (TPSA) is 48.5 Å². The molecule has 0 fully saturated rings. The maximum atomic E-state index is 5.23. The first-order valence-corrected chi connectivity index (χ1v) is 16.8. The van der Waals surface area contributed by atoms with Crippen molar-refractivity contribution in [2.45, 2.75) is 0 Å². The Balaban J connectivity index is 1.24. The number of hydrogen-bond donors (Lipinski definition) is 0. The molecule has 0 saturated heterocycles. The van der Waals surface area contributed by atoms with Crippen LogP contribution in [-0.4, -0.2) is 24.1 Å². The third kappa shape index (κ3) is 4.45. The summed E-state index contributed by atoms with van der Waals surface area (Å²) in [6.45, 7) is 0. The summed E-state index contributed by atoms with van der Waals surface area (Å²) in [7, 11) is 0. The highest BCUT2D eigenvalue weighted by Crippen LogP contribution is 2.40. The van der Waals surface area contributed by atoms with E-state index < -0.39 is 0 Å². The van der Waals surface area contributed by atoms with Crippen LogP contribution in [0, 0.1) is 0 Å². The van der Waals surface area contributed by atoms with Crippen LogP contribution >= 0.6 is 0 Å². The summed E-state index contributed by atoms with van der Waals surface area (Å²) in [6, 6.07) is 59.4. The molecule has 0 amide bonds. The zero-order chi connectivity index (χ0) is 33.0. The smallest absolute Gasteiger partial charge is 0.235 e. The summed E-state index contributed by atoms with van der Waals surface area (Å²) < 4.78 is 4.54. The summed E-state index contributed by atoms with van der Waals surface area (Å²) in [5.41, 5.74) is 12.6. The molecule has 234 valence electrons. The lowest BCUT2D eigenvalue weighted by Gasteiger charge is -2.12. The van der Waals surface area contributed by atoms with Crippen molar-refractivity contribution in [1.29, 1.82) is 0 Å². The van der Waals surface area contributed by atoms with Gasteiger partial charge in [0.1, 0.15) is 0 Å². The predicted molar refractivity (Wildman–Crippen MR) is 205 cm³/mol. The fourth-order valence-corrected chi connectivity index (χ4v) is 7.38. The van der Waals surface area contributed by atoms with Gasteiger partial charge in [-0.3, -0.25) is 9.55 Å². The van der Waals surface area contributed by atoms with E-state index in [9.17, 15) is 0 Å². The van der Waals surface area contributed by atoms with E-state index in [0.717, 1.165) is 83.1 Å². The summed E-state index contributed by atoms with van der Waals surface area (Å²) >= 11 is 0. The lowest BCUT2D eigenvalue weighted by Crippen LogP contribution is -2.04. The number of para-hydroxylation sites is 2. The molecule has 0 aliphatic heterocycles. The van der Waals surface area contributed by atoms with Gasteiger partial charge in [0.2, 0.25) is 5.95 Å². The van der Waals surface area contributed by atoms with Gasteiger partial charge in [0, 0.05) is 39.2 Å². The second-order valence-corrected chi connectivity index (χ2v) is 12.5. The van der Waals surface area contributed by atoms with Gasteiger partial charge in [0.25, 0.3) is 0 Å². The van der Waals surface area contributed by atoms with Gasteiger partial charge in [-0.1, -0.05) is 115 Å². The molecular weight excluding hydrogens is 611 g/mol. The number of nitrogens with zero attached hydrogens (tertiary/aromatic N) is 5. The maximum absolute atomic E-state index is 5.23. The van der Waals surface area contributed by atoms with E-state index in [1.807, 2.05) is 24.4 Å². The number of fused-ring (bicyclic) bond motifs is 6. The molecule has 10 rings (SSSR count). The fourth-order valence-electron chi connectivity index (χ4n) is 7.38. The van der Waals surface area contributed by atoms with Gasteiger partial charge in [-0.2, -0.15) is 0 Å². The van der Waals surface area contributed by atoms with E-state index in [1.165, 1.54) is 0 Å². The highest BCUT2D eigenvalue weighted by Gasteiger charge is 2.20. The molecule has 0 aliphatic carbocycles. The number of hydrogen-bond acceptors (Lipinski definition) is 3. The number of aromatic nitrogens is 5. The Morgan fingerprint density at radius 2 is 1.04 bits per heavy atom. The summed E-state index contributed by atoms with van der Waals surface area (Å²) in [5, 5.41) is 3.44. The van der Waals surface area contributed by atoms with Gasteiger partial charge >= 0.3 is 0 Å². The molecule has 0 radical (unpaired) electrons. The largest absolute Gasteiger partial charge is 0.308 e. The third-order valence-electron chi connectivity index (χ3n) is 9.60. The van der Waals surface area contributed by atoms with Gasteiger partial charge in [-0.15, -0.1) is 0 Å². The molecule has 10 aromatic rings. The minimum Gasteiger partial charge on any atom is -0.308 e. The Morgan fingerprint density at radius 1 is 0.400 bits per heavy atom. The van der Waals surface area contributed by atoms with Gasteiger partial charge < -0.3 is 4.57 Å². The van der Waals surface area contributed by atoms with E-state index in [4.69, 9.17) is 15.0 Å². The van der Waals surface area contributed by atoms with Crippen molar-refractivity contribution >= 4 is 43.7 Å². The molecule has 0 saturated carbocycles. The quantitative estimate of drug-likeness (QED) is 0.188. The van der Waals surface area contributed by atoms with Crippen LogP contribution in [0.15, 0.2) is 176 Å². The SMILES string of the molecule is c1ccc(-c2cc(-c3ccccc3)nc(-n3c4ccccc4c4c(-c5ccc6c7ncccc7n(-c7ccccc7)c6c5)cccc43)n2)cc1. The van der Waals surface area contributed by atoms with Crippen molar-refractivity contribution in [1.82, 2.24) is 24.1 Å². The number of rotatable bonds is 5. The van der Waals surface area contributed by atoms with Crippen molar-refractivity contribution in [2.75, 3.05) is 0 Å². The molecule has 0 N–H and O–H groups in total. The minimum absolute atomic E-state index is 0.638. The average molecular weight is 640 g/mol. The number of benzene rings is 6. The maximum Gasteiger partial charge on any atom is 0.235 e. The van der Waals surface area contributed by atoms with E-state index >= 15 is 0 Å². The zero-order valence-corrected chi connectivity index (χ0v) is 27.0. The van der Waals surface area contributed by atoms with E-state index in [1.54, 1.807) is 0 Å². The van der Waals surface area contributed by atoms with Crippen molar-refractivity contribution in [3.05, 3.63) is 176 Å². The van der Waals surface area contributed by atoms with E-state index in [-0.39, 0.29) is 0 Å². The molecule has 0 unspecified atom stereocenters. The predicted octanol–water partition coefficient (Wildman–Crippen LogP) is 11.1. The molecular formula is C45H29N5. The van der Waals surface area contributed by atoms with Crippen LogP contribution < -0.4 is 0 Å². The van der Waals surface area contributed by atoms with E-state index in [0.29, 0.717) is 5.95 Å². The second-order valence-electron chi connectivity index (χ2n) is 12.5. The molecule has 6 aromatic carbocycles. The van der Waals surface area contributed by atoms with Crippen molar-refractivity contribution < 1.29 is 0 Å². The van der Waals surface area contributed by atoms with Crippen molar-refractivity contribution in [2.24, 2.45) is 0 Å². The van der Waals surface area contributed by atoms with Gasteiger partial charge in [0.05, 0.1) is 39.0 Å². The standard InChI is InChI=1S/C45H29N5/c1-4-14-30(15-5-1)37-29-38(31-16-6-2-7-17-31)48-45(47-37)50-39-22-11-10-20-35(39)43-34(21-12-23-40(43)50)32-25-26-36-42(28-32)49(33-18-8-3-9-19-33)41-24-13-27-46-44(36)41/h1-29H. The zero-order valence-electron chi connectivity index (χ0n) is 27.0. The molecule has 4 aromatic heterocycles. The highest BCUT2D eigenvalue weighted by molar-refractivity contribution is 6.16. The molecule has 5 nitrogen and oxygen atoms in total. The van der Waals surface area contributed by atoms with Crippen LogP contribution in [0.5, 0.6) is 0 Å². The summed E-state index contributed by atoms with van der Waals surface area (Å²) in [5.74, 6) is 0.638. The van der Waals surface area contributed by atoms with Crippen LogP contribution in [0.2, 0.25) is 0 Å². The lowest BCUT2D eigenvalue weighted by molar-refractivity contribution is 0.995. The Hall–Kier alpha value is -6.85. The molecule has 0 aliphatic rings. The van der Waals surface area contributed by atoms with E-state index in [2.05, 4.69) is 161 Å². The molecule has 50 heavy (non-hydrogen) atoms. The molecule has 4 heterocycles. The van der Waals surface area contributed by atoms with Crippen LogP contribution in [0.25, 0.3) is 89.0 Å². The second kappa shape index (κ2) is 11.4. The van der Waals surface area contributed by atoms with Gasteiger partial charge in [-0.05, 0) is 65.7 Å². The number of pyridine rings is 1. The van der Waals surface area contributed by atoms with Gasteiger partial charge in [0.15, 0.2) is 0 Å². The van der Waals surface area contributed by atoms with Crippen LogP contribution in [0.1, 0.15) is 0 Å². The first-order chi connectivity index (χ1) is 24.8. The highest BCUT2D eigenvalue weighted by atomic mass is 15.2. The summed E-state index contributed by atoms with van der Waals surface area (Å²) in [6.07, 6.45) is 1.87. The van der Waals surface area contributed by atoms with Crippen molar-refractivity contribution in [3.8, 4) is 45.3 Å². The van der Waals surface area contributed by atoms with Crippen LogP contribution in [-0.2, 0) is 0 Å². The Kier molecular flexibility index (Phi) is 6.42. The van der Waals surface area contributed by atoms with Gasteiger partial charge in [-0.25, -0.2) is 9.97 Å². The first kappa shape index (κ1) is 28.2. The molecule has 0 atom stereocenters. The Labute approximate surface area is 288 Å². The first-order valence-electron chi connectivity index (χ1n) is 16.8. The average Bonchev–Trinajstić information content (AvgIpc) is 3.71. The van der Waals surface area contributed by atoms with Crippen molar-refractivity contribution in [3.63, 3.8) is 0 Å². The third-order valence-corrected chi connectivity index (χ3v) is 9.60. The van der Waals surface area contributed by atoms with Crippen LogP contribution in [0.4, 0.5) is 0 Å². The summed E-state index contributed by atoms with van der Waals surface area (Å²) in [4.78, 5) is 15.3. The monoisotopic (exact) mass is 639 g/mol. The normalized spacial score (nSPS) is 11.6. The lowest BCUT2D eigenvalue weighted by atomic mass is 9.98. The molecule has 5 heteroatoms. The Morgan fingerprint density at radius 3 is 1.78 bits per heavy atom.